The zero-order chi connectivity index (χ0) is 17.3. The Morgan fingerprint density at radius 2 is 1.65 bits per heavy atom. The number of likely N-dealkylation sites (N-methyl/N-ethyl adjacent to an activating group) is 2. The third kappa shape index (κ3) is 3.02. The fourth-order valence-corrected chi connectivity index (χ4v) is 2.63. The van der Waals surface area contributed by atoms with Gasteiger partial charge < -0.3 is 9.47 Å². The smallest absolute Gasteiger partial charge is 0.265 e. The Morgan fingerprint density at radius 1 is 1.09 bits per heavy atom. The van der Waals surface area contributed by atoms with Crippen LogP contribution in [-0.2, 0) is 9.59 Å². The van der Waals surface area contributed by atoms with Crippen LogP contribution in [0.4, 0.5) is 0 Å². The van der Waals surface area contributed by atoms with Crippen LogP contribution in [0.2, 0.25) is 5.02 Å². The van der Waals surface area contributed by atoms with Crippen molar-refractivity contribution in [1.29, 1.82) is 0 Å². The molecule has 0 unspecified atom stereocenters. The molecular formula is C15H15ClN2O4S. The lowest BCUT2D eigenvalue weighted by atomic mass is 10.1. The predicted molar refractivity (Wildman–Crippen MR) is 90.7 cm³/mol. The van der Waals surface area contributed by atoms with Crippen molar-refractivity contribution in [2.24, 2.45) is 0 Å². The van der Waals surface area contributed by atoms with E-state index in [4.69, 9.17) is 33.3 Å². The van der Waals surface area contributed by atoms with Crippen LogP contribution >= 0.6 is 23.8 Å². The molecule has 1 heterocycles. The molecule has 23 heavy (non-hydrogen) atoms. The van der Waals surface area contributed by atoms with Crippen LogP contribution in [0.25, 0.3) is 6.08 Å². The van der Waals surface area contributed by atoms with E-state index >= 15 is 0 Å². The molecule has 6 nitrogen and oxygen atoms in total. The zero-order valence-electron chi connectivity index (χ0n) is 13.0. The summed E-state index contributed by atoms with van der Waals surface area (Å²) in [6.07, 6.45) is 1.45. The van der Waals surface area contributed by atoms with E-state index in [1.807, 2.05) is 0 Å². The van der Waals surface area contributed by atoms with Gasteiger partial charge in [-0.05, 0) is 36.0 Å². The molecule has 1 aromatic carbocycles. The van der Waals surface area contributed by atoms with Crippen LogP contribution in [-0.4, -0.2) is 55.0 Å². The summed E-state index contributed by atoms with van der Waals surface area (Å²) in [5.74, 6) is -0.152. The van der Waals surface area contributed by atoms with Crippen molar-refractivity contribution in [3.8, 4) is 11.5 Å². The maximum atomic E-state index is 12.3. The highest BCUT2D eigenvalue weighted by molar-refractivity contribution is 7.80. The number of ether oxygens (including phenoxy) is 2. The molecule has 1 aromatic rings. The highest BCUT2D eigenvalue weighted by atomic mass is 35.5. The van der Waals surface area contributed by atoms with Gasteiger partial charge in [0.05, 0.1) is 19.2 Å². The van der Waals surface area contributed by atoms with Crippen LogP contribution in [0.1, 0.15) is 5.56 Å². The molecule has 1 aliphatic rings. The first-order valence-electron chi connectivity index (χ1n) is 6.55. The van der Waals surface area contributed by atoms with E-state index < -0.39 is 11.8 Å². The quantitative estimate of drug-likeness (QED) is 0.472. The van der Waals surface area contributed by atoms with Gasteiger partial charge in [-0.2, -0.15) is 0 Å². The Kier molecular flexibility index (Phi) is 4.91. The number of methoxy groups -OCH3 is 2. The van der Waals surface area contributed by atoms with Crippen molar-refractivity contribution < 1.29 is 19.1 Å². The molecule has 0 saturated carbocycles. The molecule has 0 radical (unpaired) electrons. The fraction of sp³-hybridized carbons (Fsp3) is 0.267. The molecule has 0 atom stereocenters. The molecule has 1 saturated heterocycles. The van der Waals surface area contributed by atoms with E-state index in [1.165, 1.54) is 44.2 Å². The van der Waals surface area contributed by atoms with E-state index in [1.54, 1.807) is 12.1 Å². The van der Waals surface area contributed by atoms with E-state index in [-0.39, 0.29) is 10.7 Å². The molecule has 122 valence electrons. The third-order valence-corrected chi connectivity index (χ3v) is 4.24. The largest absolute Gasteiger partial charge is 0.493 e. The van der Waals surface area contributed by atoms with Gasteiger partial charge in [0.1, 0.15) is 5.57 Å². The Labute approximate surface area is 144 Å². The summed E-state index contributed by atoms with van der Waals surface area (Å²) in [5.41, 5.74) is 0.533. The summed E-state index contributed by atoms with van der Waals surface area (Å²) in [6.45, 7) is 0. The van der Waals surface area contributed by atoms with E-state index in [2.05, 4.69) is 0 Å². The molecule has 0 bridgehead atoms. The normalized spacial score (nSPS) is 15.2. The first-order valence-corrected chi connectivity index (χ1v) is 7.33. The summed E-state index contributed by atoms with van der Waals surface area (Å²) in [7, 11) is 5.98. The number of carbonyl (C=O) groups is 2. The van der Waals surface area contributed by atoms with Gasteiger partial charge in [0, 0.05) is 14.1 Å². The minimum absolute atomic E-state index is 0.00751. The molecule has 0 N–H and O–H groups in total. The number of benzene rings is 1. The second-order valence-corrected chi connectivity index (χ2v) is 5.58. The maximum absolute atomic E-state index is 12.3. The number of rotatable bonds is 3. The van der Waals surface area contributed by atoms with E-state index in [0.717, 1.165) is 0 Å². The molecule has 2 rings (SSSR count). The van der Waals surface area contributed by atoms with Gasteiger partial charge in [-0.15, -0.1) is 0 Å². The highest BCUT2D eigenvalue weighted by Gasteiger charge is 2.35. The van der Waals surface area contributed by atoms with Gasteiger partial charge in [-0.3, -0.25) is 19.4 Å². The Bertz CT molecular complexity index is 706. The van der Waals surface area contributed by atoms with Crippen molar-refractivity contribution in [2.45, 2.75) is 0 Å². The summed E-state index contributed by atoms with van der Waals surface area (Å²) in [4.78, 5) is 27.1. The molecule has 8 heteroatoms. The lowest BCUT2D eigenvalue weighted by Crippen LogP contribution is -2.52. The van der Waals surface area contributed by atoms with Crippen LogP contribution in [0, 0.1) is 0 Å². The van der Waals surface area contributed by atoms with Gasteiger partial charge in [-0.1, -0.05) is 11.6 Å². The number of hydrogen-bond acceptors (Lipinski definition) is 5. The highest BCUT2D eigenvalue weighted by Crippen LogP contribution is 2.36. The fourth-order valence-electron chi connectivity index (χ4n) is 2.16. The summed E-state index contributed by atoms with van der Waals surface area (Å²) in [6, 6.07) is 3.22. The second kappa shape index (κ2) is 6.55. The molecular weight excluding hydrogens is 340 g/mol. The molecule has 0 aromatic heterocycles. The SMILES string of the molecule is COc1cc(C=C2C(=O)N(C)C(=S)N(C)C2=O)cc(Cl)c1OC. The van der Waals surface area contributed by atoms with Crippen LogP contribution in [0.15, 0.2) is 17.7 Å². The standard InChI is InChI=1S/C15H15ClN2O4S/c1-17-13(19)9(14(20)18(2)15(17)23)5-8-6-10(16)12(22-4)11(7-8)21-3/h5-7H,1-4H3. The molecule has 1 fully saturated rings. The minimum Gasteiger partial charge on any atom is -0.493 e. The Balaban J connectivity index is 2.53. The first-order chi connectivity index (χ1) is 10.8. The number of amides is 2. The molecule has 0 spiro atoms. The van der Waals surface area contributed by atoms with Crippen LogP contribution < -0.4 is 9.47 Å². The topological polar surface area (TPSA) is 59.1 Å². The lowest BCUT2D eigenvalue weighted by molar-refractivity contribution is -0.132. The van der Waals surface area contributed by atoms with Gasteiger partial charge >= 0.3 is 0 Å². The Hall–Kier alpha value is -2.12. The van der Waals surface area contributed by atoms with Crippen LogP contribution in [0.5, 0.6) is 11.5 Å². The van der Waals surface area contributed by atoms with Gasteiger partial charge in [0.25, 0.3) is 11.8 Å². The summed E-state index contributed by atoms with van der Waals surface area (Å²) < 4.78 is 10.4. The lowest BCUT2D eigenvalue weighted by Gasteiger charge is -2.31. The van der Waals surface area contributed by atoms with E-state index in [9.17, 15) is 9.59 Å². The average molecular weight is 355 g/mol. The summed E-state index contributed by atoms with van der Waals surface area (Å²) in [5, 5.41) is 0.467. The van der Waals surface area contributed by atoms with E-state index in [0.29, 0.717) is 22.1 Å². The number of carbonyl (C=O) groups excluding carboxylic acids is 2. The first kappa shape index (κ1) is 17.2. The maximum Gasteiger partial charge on any atom is 0.265 e. The molecule has 0 aliphatic carbocycles. The van der Waals surface area contributed by atoms with Crippen molar-refractivity contribution in [3.63, 3.8) is 0 Å². The number of thiocarbonyl (C=S) groups is 1. The van der Waals surface area contributed by atoms with Crippen molar-refractivity contribution in [1.82, 2.24) is 9.80 Å². The van der Waals surface area contributed by atoms with Crippen molar-refractivity contribution >= 4 is 46.8 Å². The predicted octanol–water partition coefficient (Wildman–Crippen LogP) is 1.96. The van der Waals surface area contributed by atoms with Gasteiger partial charge in [0.15, 0.2) is 16.6 Å². The Morgan fingerprint density at radius 3 is 2.13 bits per heavy atom. The number of halogens is 1. The van der Waals surface area contributed by atoms with Crippen molar-refractivity contribution in [2.75, 3.05) is 28.3 Å². The minimum atomic E-state index is -0.469. The zero-order valence-corrected chi connectivity index (χ0v) is 14.6. The number of nitrogens with zero attached hydrogens (tertiary/aromatic N) is 2. The average Bonchev–Trinajstić information content (AvgIpc) is 2.54. The van der Waals surface area contributed by atoms with Gasteiger partial charge in [-0.25, -0.2) is 0 Å². The summed E-state index contributed by atoms with van der Waals surface area (Å²) >= 11 is 11.2. The molecule has 1 aliphatic heterocycles. The number of hydrogen-bond donors (Lipinski definition) is 0. The van der Waals surface area contributed by atoms with Crippen LogP contribution in [0.3, 0.4) is 0 Å². The van der Waals surface area contributed by atoms with Gasteiger partial charge in [0.2, 0.25) is 0 Å². The van der Waals surface area contributed by atoms with Crippen molar-refractivity contribution in [3.05, 3.63) is 28.3 Å². The monoisotopic (exact) mass is 354 g/mol. The molecule has 2 amide bonds. The second-order valence-electron chi connectivity index (χ2n) is 4.81. The third-order valence-electron chi connectivity index (χ3n) is 3.41.